The van der Waals surface area contributed by atoms with Crippen LogP contribution in [0.4, 0.5) is 5.69 Å². The van der Waals surface area contributed by atoms with Crippen molar-refractivity contribution in [3.8, 4) is 11.5 Å². The SMILES string of the molecule is C[C@@H]1CCCN(C(=O)[C@@H](C)N(c2ccc(Oc3ccccc3)cc2)S(C)(=O)=O)C1. The fourth-order valence-corrected chi connectivity index (χ4v) is 4.91. The number of sulfonamides is 1. The van der Waals surface area contributed by atoms with Crippen molar-refractivity contribution in [2.45, 2.75) is 32.7 Å². The lowest BCUT2D eigenvalue weighted by molar-refractivity contribution is -0.133. The minimum absolute atomic E-state index is 0.161. The normalized spacial score (nSPS) is 18.2. The summed E-state index contributed by atoms with van der Waals surface area (Å²) in [5.41, 5.74) is 0.443. The van der Waals surface area contributed by atoms with Crippen LogP contribution >= 0.6 is 0 Å². The molecule has 1 aliphatic heterocycles. The Bertz CT molecular complexity index is 929. The highest BCUT2D eigenvalue weighted by atomic mass is 32.2. The van der Waals surface area contributed by atoms with Crippen LogP contribution in [0.15, 0.2) is 54.6 Å². The van der Waals surface area contributed by atoms with Crippen LogP contribution in [0.3, 0.4) is 0 Å². The number of ether oxygens (including phenoxy) is 1. The van der Waals surface area contributed by atoms with Gasteiger partial charge >= 0.3 is 0 Å². The molecule has 0 radical (unpaired) electrons. The number of hydrogen-bond donors (Lipinski definition) is 0. The maximum Gasteiger partial charge on any atom is 0.246 e. The van der Waals surface area contributed by atoms with Crippen molar-refractivity contribution in [2.24, 2.45) is 5.92 Å². The Morgan fingerprint density at radius 3 is 2.31 bits per heavy atom. The summed E-state index contributed by atoms with van der Waals surface area (Å²) in [6.45, 7) is 5.11. The maximum absolute atomic E-state index is 13.0. The van der Waals surface area contributed by atoms with Gasteiger partial charge < -0.3 is 9.64 Å². The molecule has 6 nitrogen and oxygen atoms in total. The number of piperidine rings is 1. The van der Waals surface area contributed by atoms with E-state index in [2.05, 4.69) is 6.92 Å². The van der Waals surface area contributed by atoms with Gasteiger partial charge in [-0.3, -0.25) is 9.10 Å². The van der Waals surface area contributed by atoms with Crippen LogP contribution in [0.25, 0.3) is 0 Å². The average Bonchev–Trinajstić information content (AvgIpc) is 2.68. The Hall–Kier alpha value is -2.54. The first-order chi connectivity index (χ1) is 13.8. The number of amides is 1. The van der Waals surface area contributed by atoms with Gasteiger partial charge in [0.15, 0.2) is 0 Å². The Balaban J connectivity index is 1.80. The summed E-state index contributed by atoms with van der Waals surface area (Å²) < 4.78 is 32.0. The van der Waals surface area contributed by atoms with Crippen molar-refractivity contribution in [1.82, 2.24) is 4.90 Å². The Morgan fingerprint density at radius 2 is 1.72 bits per heavy atom. The second-order valence-corrected chi connectivity index (χ2v) is 9.53. The summed E-state index contributed by atoms with van der Waals surface area (Å²) in [5, 5.41) is 0. The zero-order chi connectivity index (χ0) is 21.0. The number of anilines is 1. The molecule has 1 fully saturated rings. The van der Waals surface area contributed by atoms with Crippen LogP contribution in [-0.4, -0.2) is 44.6 Å². The minimum atomic E-state index is -3.64. The molecule has 156 valence electrons. The highest BCUT2D eigenvalue weighted by molar-refractivity contribution is 7.92. The van der Waals surface area contributed by atoms with Crippen LogP contribution in [0.2, 0.25) is 0 Å². The first kappa shape index (κ1) is 21.2. The highest BCUT2D eigenvalue weighted by Crippen LogP contribution is 2.28. The molecule has 0 saturated carbocycles. The molecule has 0 N–H and O–H groups in total. The molecule has 1 aliphatic rings. The summed E-state index contributed by atoms with van der Waals surface area (Å²) >= 11 is 0. The fourth-order valence-electron chi connectivity index (χ4n) is 3.74. The number of carbonyl (C=O) groups is 1. The quantitative estimate of drug-likeness (QED) is 0.716. The molecule has 0 aromatic heterocycles. The van der Waals surface area contributed by atoms with Gasteiger partial charge in [0.1, 0.15) is 17.5 Å². The van der Waals surface area contributed by atoms with E-state index in [4.69, 9.17) is 4.74 Å². The molecule has 2 atom stereocenters. The standard InChI is InChI=1S/C22H28N2O4S/c1-17-8-7-15-23(16-17)22(25)18(2)24(29(3,26)27)19-11-13-21(14-12-19)28-20-9-5-4-6-10-20/h4-6,9-14,17-18H,7-8,15-16H2,1-3H3/t17-,18-/m1/s1. The summed E-state index contributed by atoms with van der Waals surface area (Å²) in [6, 6.07) is 15.3. The summed E-state index contributed by atoms with van der Waals surface area (Å²) in [5.74, 6) is 1.56. The van der Waals surface area contributed by atoms with Gasteiger partial charge in [0, 0.05) is 13.1 Å². The van der Waals surface area contributed by atoms with Crippen LogP contribution in [0, 0.1) is 5.92 Å². The minimum Gasteiger partial charge on any atom is -0.457 e. The van der Waals surface area contributed by atoms with Gasteiger partial charge in [0.05, 0.1) is 11.9 Å². The van der Waals surface area contributed by atoms with Gasteiger partial charge in [-0.2, -0.15) is 0 Å². The molecular weight excluding hydrogens is 388 g/mol. The molecule has 0 unspecified atom stereocenters. The second kappa shape index (κ2) is 8.86. The first-order valence-corrected chi connectivity index (χ1v) is 11.7. The summed E-state index contributed by atoms with van der Waals surface area (Å²) in [4.78, 5) is 14.8. The maximum atomic E-state index is 13.0. The van der Waals surface area contributed by atoms with E-state index < -0.39 is 16.1 Å². The van der Waals surface area contributed by atoms with E-state index in [1.807, 2.05) is 30.3 Å². The number of para-hydroxylation sites is 1. The number of rotatable bonds is 6. The molecule has 29 heavy (non-hydrogen) atoms. The van der Waals surface area contributed by atoms with Gasteiger partial charge in [-0.15, -0.1) is 0 Å². The predicted molar refractivity (Wildman–Crippen MR) is 115 cm³/mol. The van der Waals surface area contributed by atoms with Gasteiger partial charge in [-0.1, -0.05) is 25.1 Å². The third-order valence-electron chi connectivity index (χ3n) is 5.11. The van der Waals surface area contributed by atoms with Crippen LogP contribution in [0.1, 0.15) is 26.7 Å². The second-order valence-electron chi connectivity index (χ2n) is 7.68. The number of nitrogens with zero attached hydrogens (tertiary/aromatic N) is 2. The van der Waals surface area contributed by atoms with Crippen molar-refractivity contribution in [1.29, 1.82) is 0 Å². The van der Waals surface area contributed by atoms with E-state index in [-0.39, 0.29) is 5.91 Å². The first-order valence-electron chi connectivity index (χ1n) is 9.87. The Kier molecular flexibility index (Phi) is 6.47. The van der Waals surface area contributed by atoms with Crippen molar-refractivity contribution < 1.29 is 17.9 Å². The Labute approximate surface area is 173 Å². The zero-order valence-corrected chi connectivity index (χ0v) is 17.9. The molecule has 2 aromatic carbocycles. The van der Waals surface area contributed by atoms with E-state index in [9.17, 15) is 13.2 Å². The zero-order valence-electron chi connectivity index (χ0n) is 17.1. The molecule has 1 heterocycles. The van der Waals surface area contributed by atoms with Gasteiger partial charge in [0.25, 0.3) is 0 Å². The van der Waals surface area contributed by atoms with E-state index in [1.165, 1.54) is 4.31 Å². The smallest absolute Gasteiger partial charge is 0.246 e. The molecule has 3 rings (SSSR count). The summed E-state index contributed by atoms with van der Waals surface area (Å²) in [6.07, 6.45) is 3.17. The molecule has 2 aromatic rings. The molecule has 1 amide bonds. The third kappa shape index (κ3) is 5.29. The van der Waals surface area contributed by atoms with Gasteiger partial charge in [0.2, 0.25) is 15.9 Å². The average molecular weight is 417 g/mol. The number of likely N-dealkylation sites (tertiary alicyclic amines) is 1. The number of benzene rings is 2. The van der Waals surface area contributed by atoms with E-state index in [0.717, 1.165) is 19.1 Å². The van der Waals surface area contributed by atoms with E-state index in [1.54, 1.807) is 36.1 Å². The van der Waals surface area contributed by atoms with Crippen molar-refractivity contribution >= 4 is 21.6 Å². The van der Waals surface area contributed by atoms with Crippen LogP contribution in [-0.2, 0) is 14.8 Å². The Morgan fingerprint density at radius 1 is 1.10 bits per heavy atom. The fraction of sp³-hybridized carbons (Fsp3) is 0.409. The number of carbonyl (C=O) groups excluding carboxylic acids is 1. The molecule has 0 aliphatic carbocycles. The topological polar surface area (TPSA) is 66.9 Å². The lowest BCUT2D eigenvalue weighted by Crippen LogP contribution is -2.51. The monoisotopic (exact) mass is 416 g/mol. The lowest BCUT2D eigenvalue weighted by atomic mass is 10.00. The molecule has 7 heteroatoms. The highest BCUT2D eigenvalue weighted by Gasteiger charge is 2.33. The molecule has 0 spiro atoms. The van der Waals surface area contributed by atoms with Crippen molar-refractivity contribution in [2.75, 3.05) is 23.7 Å². The van der Waals surface area contributed by atoms with E-state index in [0.29, 0.717) is 36.2 Å². The predicted octanol–water partition coefficient (Wildman–Crippen LogP) is 3.89. The molecule has 1 saturated heterocycles. The van der Waals surface area contributed by atoms with Crippen LogP contribution < -0.4 is 9.04 Å². The van der Waals surface area contributed by atoms with Crippen molar-refractivity contribution in [3.63, 3.8) is 0 Å². The van der Waals surface area contributed by atoms with Gasteiger partial charge in [-0.05, 0) is 62.1 Å². The van der Waals surface area contributed by atoms with Crippen molar-refractivity contribution in [3.05, 3.63) is 54.6 Å². The van der Waals surface area contributed by atoms with Crippen LogP contribution in [0.5, 0.6) is 11.5 Å². The van der Waals surface area contributed by atoms with E-state index >= 15 is 0 Å². The lowest BCUT2D eigenvalue weighted by Gasteiger charge is -2.36. The van der Waals surface area contributed by atoms with Gasteiger partial charge in [-0.25, -0.2) is 8.42 Å². The number of hydrogen-bond acceptors (Lipinski definition) is 4. The largest absolute Gasteiger partial charge is 0.457 e. The third-order valence-corrected chi connectivity index (χ3v) is 6.35. The molecule has 0 bridgehead atoms. The summed E-state index contributed by atoms with van der Waals surface area (Å²) in [7, 11) is -3.64. The molecular formula is C22H28N2O4S.